The second-order valence-corrected chi connectivity index (χ2v) is 6.28. The van der Waals surface area contributed by atoms with Gasteiger partial charge in [-0.1, -0.05) is 41.1 Å². The Hall–Kier alpha value is -2.47. The third-order valence-electron chi connectivity index (χ3n) is 3.62. The number of hydrogen-bond acceptors (Lipinski definition) is 5. The van der Waals surface area contributed by atoms with E-state index in [-0.39, 0.29) is 0 Å². The van der Waals surface area contributed by atoms with E-state index in [2.05, 4.69) is 60.8 Å². The van der Waals surface area contributed by atoms with E-state index in [1.165, 1.54) is 11.1 Å². The predicted octanol–water partition coefficient (Wildman–Crippen LogP) is 4.99. The molecule has 0 saturated heterocycles. The minimum atomic E-state index is 0.445. The number of rotatable bonds is 5. The number of anilines is 4. The summed E-state index contributed by atoms with van der Waals surface area (Å²) in [6, 6.07) is 14.3. The smallest absolute Gasteiger partial charge is 0.249 e. The first-order valence-electron chi connectivity index (χ1n) is 7.73. The average molecular weight is 384 g/mol. The van der Waals surface area contributed by atoms with Crippen LogP contribution >= 0.6 is 15.9 Å². The third-order valence-corrected chi connectivity index (χ3v) is 4.48. The van der Waals surface area contributed by atoms with Gasteiger partial charge in [-0.2, -0.15) is 10.1 Å². The molecule has 0 bridgehead atoms. The molecule has 0 saturated carbocycles. The summed E-state index contributed by atoms with van der Waals surface area (Å²) in [6.07, 6.45) is 2.62. The maximum atomic E-state index is 4.45. The number of nitrogens with one attached hydrogen (secondary N) is 2. The van der Waals surface area contributed by atoms with Crippen LogP contribution < -0.4 is 10.6 Å². The fourth-order valence-corrected chi connectivity index (χ4v) is 2.57. The number of hydrogen-bond donors (Lipinski definition) is 2. The third kappa shape index (κ3) is 4.08. The zero-order valence-corrected chi connectivity index (χ0v) is 15.1. The molecule has 0 spiro atoms. The van der Waals surface area contributed by atoms with Gasteiger partial charge in [-0.3, -0.25) is 0 Å². The van der Waals surface area contributed by atoms with Crippen LogP contribution in [0.4, 0.5) is 23.1 Å². The molecule has 0 aliphatic heterocycles. The van der Waals surface area contributed by atoms with Crippen LogP contribution in [-0.4, -0.2) is 15.2 Å². The Morgan fingerprint density at radius 3 is 2.46 bits per heavy atom. The maximum Gasteiger partial charge on any atom is 0.249 e. The largest absolute Gasteiger partial charge is 0.339 e. The molecule has 3 aromatic rings. The van der Waals surface area contributed by atoms with E-state index < -0.39 is 0 Å². The van der Waals surface area contributed by atoms with Crippen molar-refractivity contribution in [1.82, 2.24) is 15.2 Å². The van der Waals surface area contributed by atoms with Gasteiger partial charge in [-0.25, -0.2) is 0 Å². The van der Waals surface area contributed by atoms with Gasteiger partial charge in [0, 0.05) is 15.8 Å². The average Bonchev–Trinajstić information content (AvgIpc) is 2.59. The van der Waals surface area contributed by atoms with Gasteiger partial charge < -0.3 is 10.6 Å². The van der Waals surface area contributed by atoms with Gasteiger partial charge in [-0.05, 0) is 48.7 Å². The second-order valence-electron chi connectivity index (χ2n) is 5.43. The van der Waals surface area contributed by atoms with Gasteiger partial charge in [0.05, 0.1) is 6.20 Å². The molecule has 2 aromatic carbocycles. The molecule has 24 heavy (non-hydrogen) atoms. The summed E-state index contributed by atoms with van der Waals surface area (Å²) in [5.74, 6) is 1.09. The number of benzene rings is 2. The monoisotopic (exact) mass is 383 g/mol. The second kappa shape index (κ2) is 7.40. The first-order chi connectivity index (χ1) is 11.6. The van der Waals surface area contributed by atoms with Gasteiger partial charge in [-0.15, -0.1) is 5.10 Å². The van der Waals surface area contributed by atoms with E-state index in [1.54, 1.807) is 6.20 Å². The van der Waals surface area contributed by atoms with Crippen LogP contribution in [0.1, 0.15) is 18.1 Å². The first kappa shape index (κ1) is 16.4. The van der Waals surface area contributed by atoms with Gasteiger partial charge in [0.1, 0.15) is 0 Å². The van der Waals surface area contributed by atoms with Gasteiger partial charge >= 0.3 is 0 Å². The van der Waals surface area contributed by atoms with E-state index in [9.17, 15) is 0 Å². The summed E-state index contributed by atoms with van der Waals surface area (Å²) in [7, 11) is 0. The standard InChI is InChI=1S/C18H18BrN5/c1-3-13-5-8-14(9-6-13)21-17-11-20-24-18(23-17)22-15-7-4-12(2)16(19)10-15/h4-11H,3H2,1-2H3,(H2,21,22,23,24). The highest BCUT2D eigenvalue weighted by Gasteiger charge is 2.04. The molecule has 2 N–H and O–H groups in total. The highest BCUT2D eigenvalue weighted by atomic mass is 79.9. The highest BCUT2D eigenvalue weighted by Crippen LogP contribution is 2.23. The van der Waals surface area contributed by atoms with Gasteiger partial charge in [0.25, 0.3) is 0 Å². The fourth-order valence-electron chi connectivity index (χ4n) is 2.19. The summed E-state index contributed by atoms with van der Waals surface area (Å²) in [5.41, 5.74) is 4.34. The zero-order chi connectivity index (χ0) is 16.9. The Labute approximate surface area is 149 Å². The molecule has 1 aromatic heterocycles. The van der Waals surface area contributed by atoms with Crippen LogP contribution in [0.5, 0.6) is 0 Å². The van der Waals surface area contributed by atoms with Crippen molar-refractivity contribution in [2.75, 3.05) is 10.6 Å². The summed E-state index contributed by atoms with van der Waals surface area (Å²) in [4.78, 5) is 4.45. The molecule has 0 atom stereocenters. The van der Waals surface area contributed by atoms with E-state index >= 15 is 0 Å². The molecule has 6 heteroatoms. The quantitative estimate of drug-likeness (QED) is 0.649. The molecular formula is C18H18BrN5. The van der Waals surface area contributed by atoms with Crippen molar-refractivity contribution in [3.8, 4) is 0 Å². The summed E-state index contributed by atoms with van der Waals surface area (Å²) in [5, 5.41) is 14.4. The predicted molar refractivity (Wildman–Crippen MR) is 101 cm³/mol. The fraction of sp³-hybridized carbons (Fsp3) is 0.167. The van der Waals surface area contributed by atoms with Crippen molar-refractivity contribution in [2.24, 2.45) is 0 Å². The van der Waals surface area contributed by atoms with Crippen molar-refractivity contribution in [3.63, 3.8) is 0 Å². The SMILES string of the molecule is CCc1ccc(Nc2cnnc(Nc3ccc(C)c(Br)c3)n2)cc1. The van der Waals surface area contributed by atoms with Crippen molar-refractivity contribution < 1.29 is 0 Å². The topological polar surface area (TPSA) is 62.7 Å². The Bertz CT molecular complexity index is 833. The van der Waals surface area contributed by atoms with E-state index in [4.69, 9.17) is 0 Å². The van der Waals surface area contributed by atoms with Gasteiger partial charge in [0.2, 0.25) is 5.95 Å². The highest BCUT2D eigenvalue weighted by molar-refractivity contribution is 9.10. The van der Waals surface area contributed by atoms with E-state index in [1.807, 2.05) is 37.3 Å². The summed E-state index contributed by atoms with van der Waals surface area (Å²) >= 11 is 3.52. The molecule has 3 rings (SSSR count). The van der Waals surface area contributed by atoms with Crippen LogP contribution in [-0.2, 0) is 6.42 Å². The summed E-state index contributed by atoms with van der Waals surface area (Å²) in [6.45, 7) is 4.18. The molecule has 1 heterocycles. The van der Waals surface area contributed by atoms with Crippen LogP contribution in [0.2, 0.25) is 0 Å². The Balaban J connectivity index is 1.74. The zero-order valence-electron chi connectivity index (χ0n) is 13.5. The lowest BCUT2D eigenvalue weighted by molar-refractivity contribution is 0.982. The molecule has 0 radical (unpaired) electrons. The molecule has 0 unspecified atom stereocenters. The Morgan fingerprint density at radius 1 is 1.00 bits per heavy atom. The molecular weight excluding hydrogens is 366 g/mol. The Morgan fingerprint density at radius 2 is 1.75 bits per heavy atom. The molecule has 0 fully saturated rings. The molecule has 5 nitrogen and oxygen atoms in total. The van der Waals surface area contributed by atoms with Gasteiger partial charge in [0.15, 0.2) is 5.82 Å². The van der Waals surface area contributed by atoms with Crippen LogP contribution in [0.3, 0.4) is 0 Å². The van der Waals surface area contributed by atoms with Crippen molar-refractivity contribution in [1.29, 1.82) is 0 Å². The lowest BCUT2D eigenvalue weighted by atomic mass is 10.1. The molecule has 122 valence electrons. The minimum Gasteiger partial charge on any atom is -0.339 e. The van der Waals surface area contributed by atoms with E-state index in [0.29, 0.717) is 11.8 Å². The number of halogens is 1. The first-order valence-corrected chi connectivity index (χ1v) is 8.52. The van der Waals surface area contributed by atoms with E-state index in [0.717, 1.165) is 22.3 Å². The molecule has 0 aliphatic rings. The van der Waals surface area contributed by atoms with Crippen molar-refractivity contribution >= 4 is 39.1 Å². The number of aromatic nitrogens is 3. The minimum absolute atomic E-state index is 0.445. The van der Waals surface area contributed by atoms with Crippen LogP contribution in [0, 0.1) is 6.92 Å². The molecule has 0 amide bonds. The normalized spacial score (nSPS) is 10.5. The lowest BCUT2D eigenvalue weighted by Crippen LogP contribution is -2.02. The van der Waals surface area contributed by atoms with Crippen molar-refractivity contribution in [2.45, 2.75) is 20.3 Å². The number of nitrogens with zero attached hydrogens (tertiary/aromatic N) is 3. The Kier molecular flexibility index (Phi) is 5.05. The van der Waals surface area contributed by atoms with Crippen LogP contribution in [0.15, 0.2) is 53.1 Å². The lowest BCUT2D eigenvalue weighted by Gasteiger charge is -2.09. The van der Waals surface area contributed by atoms with Crippen LogP contribution in [0.25, 0.3) is 0 Å². The molecule has 0 aliphatic carbocycles. The maximum absolute atomic E-state index is 4.45. The van der Waals surface area contributed by atoms with Crippen molar-refractivity contribution in [3.05, 3.63) is 64.3 Å². The number of aryl methyl sites for hydroxylation is 2. The summed E-state index contributed by atoms with van der Waals surface area (Å²) < 4.78 is 1.03.